The van der Waals surface area contributed by atoms with Crippen molar-refractivity contribution in [2.24, 2.45) is 0 Å². The average Bonchev–Trinajstić information content (AvgIpc) is 2.61. The molecule has 2 amide bonds. The second-order valence-electron chi connectivity index (χ2n) is 5.03. The lowest BCUT2D eigenvalue weighted by Crippen LogP contribution is -2.37. The summed E-state index contributed by atoms with van der Waals surface area (Å²) >= 11 is 0. The van der Waals surface area contributed by atoms with E-state index in [0.717, 1.165) is 5.69 Å². The molecule has 1 aromatic heterocycles. The van der Waals surface area contributed by atoms with Crippen molar-refractivity contribution in [1.82, 2.24) is 15.6 Å². The Morgan fingerprint density at radius 2 is 1.88 bits per heavy atom. The zero-order chi connectivity index (χ0) is 17.2. The third-order valence-electron chi connectivity index (χ3n) is 3.27. The van der Waals surface area contributed by atoms with Gasteiger partial charge >= 0.3 is 0 Å². The Morgan fingerprint density at radius 3 is 2.62 bits per heavy atom. The van der Waals surface area contributed by atoms with E-state index in [9.17, 15) is 9.59 Å². The summed E-state index contributed by atoms with van der Waals surface area (Å²) in [5.74, 6) is -0.0693. The normalized spacial score (nSPS) is 10.0. The number of aromatic nitrogens is 1. The molecule has 6 nitrogen and oxygen atoms in total. The van der Waals surface area contributed by atoms with Crippen molar-refractivity contribution in [1.29, 1.82) is 0 Å². The lowest BCUT2D eigenvalue weighted by atomic mass is 10.2. The molecule has 0 bridgehead atoms. The first-order valence-electron chi connectivity index (χ1n) is 7.87. The highest BCUT2D eigenvalue weighted by atomic mass is 16.5. The van der Waals surface area contributed by atoms with Gasteiger partial charge in [0, 0.05) is 24.9 Å². The monoisotopic (exact) mass is 327 g/mol. The first-order valence-corrected chi connectivity index (χ1v) is 7.87. The molecule has 0 aliphatic heterocycles. The molecule has 0 aliphatic rings. The Balaban J connectivity index is 1.76. The van der Waals surface area contributed by atoms with E-state index in [4.69, 9.17) is 4.74 Å². The van der Waals surface area contributed by atoms with Gasteiger partial charge in [-0.3, -0.25) is 14.6 Å². The number of hydrogen-bond acceptors (Lipinski definition) is 4. The second-order valence-corrected chi connectivity index (χ2v) is 5.03. The van der Waals surface area contributed by atoms with Crippen LogP contribution >= 0.6 is 0 Å². The van der Waals surface area contributed by atoms with Crippen LogP contribution in [0.15, 0.2) is 48.7 Å². The first-order chi connectivity index (χ1) is 11.7. The molecule has 0 saturated heterocycles. The summed E-state index contributed by atoms with van der Waals surface area (Å²) in [6, 6.07) is 12.6. The van der Waals surface area contributed by atoms with Crippen LogP contribution in [-0.4, -0.2) is 36.5 Å². The molecule has 0 radical (unpaired) electrons. The average molecular weight is 327 g/mol. The van der Waals surface area contributed by atoms with Crippen LogP contribution in [0.5, 0.6) is 5.75 Å². The lowest BCUT2D eigenvalue weighted by molar-refractivity contribution is -0.120. The van der Waals surface area contributed by atoms with Crippen molar-refractivity contribution in [2.45, 2.75) is 13.3 Å². The Morgan fingerprint density at radius 1 is 1.08 bits per heavy atom. The van der Waals surface area contributed by atoms with Crippen molar-refractivity contribution in [3.05, 3.63) is 59.9 Å². The minimum absolute atomic E-state index is 0.0818. The van der Waals surface area contributed by atoms with Gasteiger partial charge in [-0.1, -0.05) is 18.2 Å². The van der Waals surface area contributed by atoms with Crippen LogP contribution < -0.4 is 15.4 Å². The number of pyridine rings is 1. The van der Waals surface area contributed by atoms with E-state index in [-0.39, 0.29) is 18.4 Å². The maximum absolute atomic E-state index is 12.2. The smallest absolute Gasteiger partial charge is 0.255 e. The molecule has 0 aliphatic carbocycles. The van der Waals surface area contributed by atoms with Gasteiger partial charge < -0.3 is 15.4 Å². The largest absolute Gasteiger partial charge is 0.493 e. The van der Waals surface area contributed by atoms with Gasteiger partial charge in [0.15, 0.2) is 0 Å². The van der Waals surface area contributed by atoms with Crippen molar-refractivity contribution in [3.63, 3.8) is 0 Å². The highest BCUT2D eigenvalue weighted by Crippen LogP contribution is 2.17. The Hall–Kier alpha value is -2.89. The van der Waals surface area contributed by atoms with Crippen molar-refractivity contribution >= 4 is 11.8 Å². The van der Waals surface area contributed by atoms with Crippen LogP contribution in [-0.2, 0) is 11.2 Å². The molecule has 1 heterocycles. The summed E-state index contributed by atoms with van der Waals surface area (Å²) < 4.78 is 5.41. The van der Waals surface area contributed by atoms with Gasteiger partial charge in [0.05, 0.1) is 18.7 Å². The van der Waals surface area contributed by atoms with E-state index in [1.807, 2.05) is 25.1 Å². The summed E-state index contributed by atoms with van der Waals surface area (Å²) in [5.41, 5.74) is 1.33. The van der Waals surface area contributed by atoms with Gasteiger partial charge in [0.25, 0.3) is 5.91 Å². The third-order valence-corrected chi connectivity index (χ3v) is 3.27. The molecule has 0 saturated carbocycles. The summed E-state index contributed by atoms with van der Waals surface area (Å²) in [7, 11) is 0. The number of carbonyl (C=O) groups is 2. The van der Waals surface area contributed by atoms with E-state index in [1.54, 1.807) is 30.5 Å². The molecule has 2 aromatic rings. The number of rotatable bonds is 8. The quantitative estimate of drug-likeness (QED) is 0.771. The van der Waals surface area contributed by atoms with Gasteiger partial charge in [0.2, 0.25) is 5.91 Å². The number of amides is 2. The maximum Gasteiger partial charge on any atom is 0.255 e. The second kappa shape index (κ2) is 9.29. The molecule has 126 valence electrons. The molecule has 0 unspecified atom stereocenters. The van der Waals surface area contributed by atoms with E-state index >= 15 is 0 Å². The molecule has 0 spiro atoms. The molecule has 0 fully saturated rings. The highest BCUT2D eigenvalue weighted by molar-refractivity contribution is 5.98. The number of nitrogens with zero attached hydrogens (tertiary/aromatic N) is 1. The zero-order valence-electron chi connectivity index (χ0n) is 13.6. The SMILES string of the molecule is CCOc1ccccc1C(=O)NCC(=O)NCCc1ccccn1. The topological polar surface area (TPSA) is 80.3 Å². The Kier molecular flexibility index (Phi) is 6.76. The summed E-state index contributed by atoms with van der Waals surface area (Å²) in [4.78, 5) is 28.1. The van der Waals surface area contributed by atoms with Crippen LogP contribution in [0.3, 0.4) is 0 Å². The molecule has 2 N–H and O–H groups in total. The number of hydrogen-bond donors (Lipinski definition) is 2. The molecule has 24 heavy (non-hydrogen) atoms. The van der Waals surface area contributed by atoms with E-state index in [1.165, 1.54) is 0 Å². The minimum atomic E-state index is -0.334. The van der Waals surface area contributed by atoms with Gasteiger partial charge in [-0.25, -0.2) is 0 Å². The predicted octanol–water partition coefficient (Wildman–Crippen LogP) is 1.57. The van der Waals surface area contributed by atoms with Crippen molar-refractivity contribution < 1.29 is 14.3 Å². The van der Waals surface area contributed by atoms with Gasteiger partial charge in [0.1, 0.15) is 5.75 Å². The molecule has 2 rings (SSSR count). The van der Waals surface area contributed by atoms with E-state index in [2.05, 4.69) is 15.6 Å². The fraction of sp³-hybridized carbons (Fsp3) is 0.278. The fourth-order valence-electron chi connectivity index (χ4n) is 2.13. The van der Waals surface area contributed by atoms with Crippen LogP contribution in [0.1, 0.15) is 23.0 Å². The molecular weight excluding hydrogens is 306 g/mol. The summed E-state index contributed by atoms with van der Waals surface area (Å²) in [6.45, 7) is 2.71. The fourth-order valence-corrected chi connectivity index (χ4v) is 2.13. The lowest BCUT2D eigenvalue weighted by Gasteiger charge is -2.10. The van der Waals surface area contributed by atoms with Crippen molar-refractivity contribution in [2.75, 3.05) is 19.7 Å². The Bertz CT molecular complexity index is 674. The summed E-state index contributed by atoms with van der Waals surface area (Å²) in [6.07, 6.45) is 2.36. The highest BCUT2D eigenvalue weighted by Gasteiger charge is 2.12. The minimum Gasteiger partial charge on any atom is -0.493 e. The van der Waals surface area contributed by atoms with Crippen LogP contribution in [0, 0.1) is 0 Å². The maximum atomic E-state index is 12.2. The number of para-hydroxylation sites is 1. The number of nitrogens with one attached hydrogen (secondary N) is 2. The van der Waals surface area contributed by atoms with Gasteiger partial charge in [-0.15, -0.1) is 0 Å². The summed E-state index contributed by atoms with van der Waals surface area (Å²) in [5, 5.41) is 5.35. The van der Waals surface area contributed by atoms with Crippen LogP contribution in [0.2, 0.25) is 0 Å². The Labute approximate surface area is 141 Å². The predicted molar refractivity (Wildman–Crippen MR) is 90.9 cm³/mol. The third kappa shape index (κ3) is 5.39. The molecule has 0 atom stereocenters. The molecular formula is C18H21N3O3. The van der Waals surface area contributed by atoms with E-state index < -0.39 is 0 Å². The van der Waals surface area contributed by atoms with Crippen LogP contribution in [0.4, 0.5) is 0 Å². The number of benzene rings is 1. The zero-order valence-corrected chi connectivity index (χ0v) is 13.6. The molecule has 6 heteroatoms. The van der Waals surface area contributed by atoms with Crippen molar-refractivity contribution in [3.8, 4) is 5.75 Å². The number of ether oxygens (including phenoxy) is 1. The number of carbonyl (C=O) groups excluding carboxylic acids is 2. The standard InChI is InChI=1S/C18H21N3O3/c1-2-24-16-9-4-3-8-15(16)18(23)21-13-17(22)20-12-10-14-7-5-6-11-19-14/h3-9,11H,2,10,12-13H2,1H3,(H,20,22)(H,21,23). The van der Waals surface area contributed by atoms with Gasteiger partial charge in [-0.2, -0.15) is 0 Å². The van der Waals surface area contributed by atoms with E-state index in [0.29, 0.717) is 30.9 Å². The molecule has 1 aromatic carbocycles. The first kappa shape index (κ1) is 17.5. The van der Waals surface area contributed by atoms with Crippen LogP contribution in [0.25, 0.3) is 0 Å². The van der Waals surface area contributed by atoms with Gasteiger partial charge in [-0.05, 0) is 31.2 Å².